The van der Waals surface area contributed by atoms with Crippen LogP contribution in [0.4, 0.5) is 11.6 Å². The number of carbonyl (C=O) groups excluding carboxylic acids is 2. The molecule has 7 nitrogen and oxygen atoms in total. The summed E-state index contributed by atoms with van der Waals surface area (Å²) in [5, 5.41) is 0.234. The molecular weight excluding hydrogens is 356 g/mol. The zero-order valence-electron chi connectivity index (χ0n) is 14.5. The molecular formula is C18H17ClN4O3. The summed E-state index contributed by atoms with van der Waals surface area (Å²) >= 11 is 6.56. The standard InChI is InChI=1S/C18H17ClN4O3/c1-22(2)17-14-15(19)13(8-24)16(11-4-6-12(26-3)7-5-11)23(10-25)18(14)21-9-20-17/h4-10,16H,1-3H3. The average Bonchev–Trinajstić information content (AvgIpc) is 2.67. The Bertz CT molecular complexity index is 881. The number of aldehydes is 1. The maximum Gasteiger partial charge on any atom is 0.216 e. The van der Waals surface area contributed by atoms with Gasteiger partial charge in [0, 0.05) is 19.7 Å². The number of rotatable bonds is 5. The normalized spacial score (nSPS) is 16.2. The van der Waals surface area contributed by atoms with Crippen LogP contribution in [0.3, 0.4) is 0 Å². The van der Waals surface area contributed by atoms with E-state index in [9.17, 15) is 9.59 Å². The van der Waals surface area contributed by atoms with E-state index >= 15 is 0 Å². The van der Waals surface area contributed by atoms with E-state index in [1.165, 1.54) is 11.2 Å². The van der Waals surface area contributed by atoms with Crippen LogP contribution in [0.25, 0.3) is 5.03 Å². The van der Waals surface area contributed by atoms with Crippen LogP contribution in [0, 0.1) is 0 Å². The second kappa shape index (κ2) is 7.13. The van der Waals surface area contributed by atoms with Crippen LogP contribution in [0.5, 0.6) is 5.75 Å². The van der Waals surface area contributed by atoms with Gasteiger partial charge in [0.05, 0.1) is 23.7 Å². The maximum atomic E-state index is 11.9. The highest BCUT2D eigenvalue weighted by Gasteiger charge is 2.36. The average molecular weight is 373 g/mol. The Morgan fingerprint density at radius 1 is 1.19 bits per heavy atom. The number of benzene rings is 1. The van der Waals surface area contributed by atoms with Crippen molar-refractivity contribution >= 4 is 41.0 Å². The lowest BCUT2D eigenvalue weighted by Crippen LogP contribution is -2.34. The molecule has 0 spiro atoms. The van der Waals surface area contributed by atoms with Gasteiger partial charge in [-0.05, 0) is 17.7 Å². The molecule has 1 aromatic carbocycles. The van der Waals surface area contributed by atoms with Crippen LogP contribution < -0.4 is 14.5 Å². The number of aromatic nitrogens is 2. The van der Waals surface area contributed by atoms with Gasteiger partial charge in [0.25, 0.3) is 0 Å². The summed E-state index contributed by atoms with van der Waals surface area (Å²) in [6, 6.07) is 6.41. The Hall–Kier alpha value is -2.93. The number of nitrogens with zero attached hydrogens (tertiary/aromatic N) is 4. The Balaban J connectivity index is 2.25. The van der Waals surface area contributed by atoms with Gasteiger partial charge in [0.1, 0.15) is 30.0 Å². The molecule has 2 heterocycles. The number of hydrogen-bond donors (Lipinski definition) is 0. The fourth-order valence-electron chi connectivity index (χ4n) is 2.99. The molecule has 0 saturated heterocycles. The maximum absolute atomic E-state index is 11.9. The molecule has 0 fully saturated rings. The predicted octanol–water partition coefficient (Wildman–Crippen LogP) is 2.42. The first kappa shape index (κ1) is 17.9. The highest BCUT2D eigenvalue weighted by molar-refractivity contribution is 6.52. The summed E-state index contributed by atoms with van der Waals surface area (Å²) in [6.45, 7) is 0. The number of anilines is 2. The third-order valence-corrected chi connectivity index (χ3v) is 4.60. The molecule has 0 saturated carbocycles. The zero-order chi connectivity index (χ0) is 18.8. The number of methoxy groups -OCH3 is 1. The second-order valence-corrected chi connectivity index (χ2v) is 6.24. The first-order valence-electron chi connectivity index (χ1n) is 7.78. The molecule has 134 valence electrons. The second-order valence-electron chi connectivity index (χ2n) is 5.87. The molecule has 2 aromatic rings. The van der Waals surface area contributed by atoms with E-state index < -0.39 is 6.04 Å². The molecule has 1 aromatic heterocycles. The van der Waals surface area contributed by atoms with Gasteiger partial charge in [0.15, 0.2) is 0 Å². The molecule has 0 bridgehead atoms. The van der Waals surface area contributed by atoms with Crippen molar-refractivity contribution in [1.82, 2.24) is 9.97 Å². The van der Waals surface area contributed by atoms with Crippen molar-refractivity contribution in [3.05, 3.63) is 47.3 Å². The van der Waals surface area contributed by atoms with Gasteiger partial charge >= 0.3 is 0 Å². The molecule has 1 aliphatic heterocycles. The Morgan fingerprint density at radius 2 is 1.88 bits per heavy atom. The van der Waals surface area contributed by atoms with E-state index in [0.29, 0.717) is 41.2 Å². The largest absolute Gasteiger partial charge is 0.497 e. The summed E-state index contributed by atoms with van der Waals surface area (Å²) in [5.41, 5.74) is 1.45. The number of amides is 1. The minimum absolute atomic E-state index is 0.234. The molecule has 26 heavy (non-hydrogen) atoms. The van der Waals surface area contributed by atoms with E-state index in [-0.39, 0.29) is 10.6 Å². The van der Waals surface area contributed by atoms with Gasteiger partial charge in [-0.2, -0.15) is 0 Å². The first-order chi connectivity index (χ1) is 12.5. The summed E-state index contributed by atoms with van der Waals surface area (Å²) in [7, 11) is 5.17. The molecule has 1 unspecified atom stereocenters. The van der Waals surface area contributed by atoms with E-state index in [4.69, 9.17) is 16.3 Å². The van der Waals surface area contributed by atoms with Crippen molar-refractivity contribution in [2.24, 2.45) is 0 Å². The minimum Gasteiger partial charge on any atom is -0.497 e. The van der Waals surface area contributed by atoms with Crippen molar-refractivity contribution in [1.29, 1.82) is 0 Å². The smallest absolute Gasteiger partial charge is 0.216 e. The van der Waals surface area contributed by atoms with Gasteiger partial charge in [-0.1, -0.05) is 23.7 Å². The van der Waals surface area contributed by atoms with E-state index in [1.807, 2.05) is 0 Å². The Morgan fingerprint density at radius 3 is 2.42 bits per heavy atom. The molecule has 0 aliphatic carbocycles. The summed E-state index contributed by atoms with van der Waals surface area (Å²) in [5.74, 6) is 1.55. The zero-order valence-corrected chi connectivity index (χ0v) is 15.3. The number of ether oxygens (including phenoxy) is 1. The molecule has 3 rings (SSSR count). The molecule has 8 heteroatoms. The van der Waals surface area contributed by atoms with Crippen molar-refractivity contribution in [2.75, 3.05) is 31.0 Å². The predicted molar refractivity (Wildman–Crippen MR) is 99.5 cm³/mol. The van der Waals surface area contributed by atoms with Crippen LogP contribution in [0.2, 0.25) is 0 Å². The minimum atomic E-state index is -0.680. The number of carbonyl (C=O) groups is 2. The Kier molecular flexibility index (Phi) is 4.90. The number of hydrogen-bond acceptors (Lipinski definition) is 6. The van der Waals surface area contributed by atoms with Gasteiger partial charge < -0.3 is 9.64 Å². The van der Waals surface area contributed by atoms with Crippen molar-refractivity contribution in [3.8, 4) is 5.75 Å². The number of halogens is 1. The van der Waals surface area contributed by atoms with E-state index in [1.54, 1.807) is 50.4 Å². The topological polar surface area (TPSA) is 75.6 Å². The van der Waals surface area contributed by atoms with Gasteiger partial charge in [-0.15, -0.1) is 0 Å². The van der Waals surface area contributed by atoms with Gasteiger partial charge in [0.2, 0.25) is 6.41 Å². The first-order valence-corrected chi connectivity index (χ1v) is 8.16. The molecule has 0 N–H and O–H groups in total. The third-order valence-electron chi connectivity index (χ3n) is 4.19. The van der Waals surface area contributed by atoms with Crippen LogP contribution in [-0.2, 0) is 9.59 Å². The monoisotopic (exact) mass is 372 g/mol. The lowest BCUT2D eigenvalue weighted by Gasteiger charge is -2.35. The summed E-state index contributed by atoms with van der Waals surface area (Å²) in [4.78, 5) is 35.4. The highest BCUT2D eigenvalue weighted by atomic mass is 35.5. The quantitative estimate of drug-likeness (QED) is 0.750. The van der Waals surface area contributed by atoms with Crippen LogP contribution >= 0.6 is 11.6 Å². The molecule has 0 radical (unpaired) electrons. The Labute approximate surface area is 155 Å². The van der Waals surface area contributed by atoms with Gasteiger partial charge in [-0.3, -0.25) is 14.5 Å². The molecule has 1 amide bonds. The lowest BCUT2D eigenvalue weighted by atomic mass is 9.92. The highest BCUT2D eigenvalue weighted by Crippen LogP contribution is 2.46. The van der Waals surface area contributed by atoms with Crippen molar-refractivity contribution < 1.29 is 14.3 Å². The van der Waals surface area contributed by atoms with Crippen LogP contribution in [-0.4, -0.2) is 43.9 Å². The fourth-order valence-corrected chi connectivity index (χ4v) is 3.31. The molecule has 1 aliphatic rings. The lowest BCUT2D eigenvalue weighted by molar-refractivity contribution is -0.108. The van der Waals surface area contributed by atoms with Crippen LogP contribution in [0.1, 0.15) is 17.2 Å². The van der Waals surface area contributed by atoms with Crippen molar-refractivity contribution in [2.45, 2.75) is 6.04 Å². The van der Waals surface area contributed by atoms with Crippen molar-refractivity contribution in [3.63, 3.8) is 0 Å². The van der Waals surface area contributed by atoms with Gasteiger partial charge in [-0.25, -0.2) is 9.97 Å². The number of fused-ring (bicyclic) bond motifs is 1. The SMILES string of the molecule is COc1ccc(C2C(C=O)=C(Cl)c3c(N(C)C)ncnc3N2C=O)cc1. The van der Waals surface area contributed by atoms with E-state index in [2.05, 4.69) is 9.97 Å². The van der Waals surface area contributed by atoms with E-state index in [0.717, 1.165) is 0 Å². The summed E-state index contributed by atoms with van der Waals surface area (Å²) < 4.78 is 5.17. The third kappa shape index (κ3) is 2.80. The van der Waals surface area contributed by atoms with Crippen LogP contribution in [0.15, 0.2) is 36.2 Å². The summed E-state index contributed by atoms with van der Waals surface area (Å²) in [6.07, 6.45) is 2.68. The molecule has 1 atom stereocenters. The fraction of sp³-hybridized carbons (Fsp3) is 0.222.